The van der Waals surface area contributed by atoms with Crippen molar-refractivity contribution in [1.29, 1.82) is 0 Å². The van der Waals surface area contributed by atoms with Crippen LogP contribution in [0.1, 0.15) is 212 Å². The van der Waals surface area contributed by atoms with Gasteiger partial charge in [-0.05, 0) is 225 Å². The SMILES string of the molecule is C=C1N=C(C[C@@H]2C[C@H]3CC[C@@H]2C3)S[C@]1(C)C(C)C.CC(C)[C@@]1(C)SC(C[C@H]2C[C@@H]3CC[C@H]2C3)=NC1=O.CC(C)[C@]1(C)SC(C[C@@H]2C[C@H]3CC[C@@H]2C3)=NC1=O.CC(C)[C@]1(C)SC(C[C@H]2C[C@@H]3CC[C@H]2C3)=NC1=O. The van der Waals surface area contributed by atoms with E-state index in [-0.39, 0.29) is 36.7 Å². The van der Waals surface area contributed by atoms with E-state index in [2.05, 4.69) is 105 Å². The Kier molecular flexibility index (Phi) is 16.9. The second-order valence-electron chi connectivity index (χ2n) is 27.4. The lowest BCUT2D eigenvalue weighted by atomic mass is 9.87. The van der Waals surface area contributed by atoms with Crippen molar-refractivity contribution in [3.8, 4) is 0 Å². The van der Waals surface area contributed by atoms with E-state index in [0.29, 0.717) is 23.7 Å². The number of aliphatic imine (C=N–C) groups is 4. The van der Waals surface area contributed by atoms with E-state index in [1.54, 1.807) is 35.3 Å². The van der Waals surface area contributed by atoms with Gasteiger partial charge in [0, 0.05) is 0 Å². The van der Waals surface area contributed by atoms with Crippen LogP contribution in [0.4, 0.5) is 0 Å². The molecule has 11 heteroatoms. The van der Waals surface area contributed by atoms with Crippen LogP contribution in [0.3, 0.4) is 0 Å². The van der Waals surface area contributed by atoms with Gasteiger partial charge in [0.2, 0.25) is 0 Å². The van der Waals surface area contributed by atoms with E-state index in [0.717, 1.165) is 111 Å². The summed E-state index contributed by atoms with van der Waals surface area (Å²) < 4.78 is -0.750. The van der Waals surface area contributed by atoms with Gasteiger partial charge in [-0.15, -0.1) is 0 Å². The van der Waals surface area contributed by atoms with Crippen LogP contribution in [-0.4, -0.2) is 56.9 Å². The Morgan fingerprint density at radius 3 is 0.806 bits per heavy atom. The maximum Gasteiger partial charge on any atom is 0.263 e. The maximum absolute atomic E-state index is 12.1. The van der Waals surface area contributed by atoms with Crippen LogP contribution >= 0.6 is 47.0 Å². The second-order valence-corrected chi connectivity index (χ2v) is 33.5. The third kappa shape index (κ3) is 11.4. The molecule has 12 rings (SSSR count). The molecule has 12 aliphatic rings. The predicted octanol–water partition coefficient (Wildman–Crippen LogP) is 16.6. The van der Waals surface area contributed by atoms with Gasteiger partial charge in [0.25, 0.3) is 17.7 Å². The summed E-state index contributed by atoms with van der Waals surface area (Å²) in [6, 6.07) is 0. The lowest BCUT2D eigenvalue weighted by molar-refractivity contribution is -0.121. The Labute approximate surface area is 453 Å². The van der Waals surface area contributed by atoms with Crippen molar-refractivity contribution in [2.24, 2.45) is 115 Å². The largest absolute Gasteiger partial charge is 0.271 e. The fourth-order valence-electron chi connectivity index (χ4n) is 15.5. The summed E-state index contributed by atoms with van der Waals surface area (Å²) in [7, 11) is 0. The van der Waals surface area contributed by atoms with Crippen molar-refractivity contribution in [2.75, 3.05) is 0 Å². The van der Waals surface area contributed by atoms with E-state index in [1.807, 2.05) is 11.8 Å². The fraction of sp³-hybridized carbons (Fsp3) is 0.852. The maximum atomic E-state index is 12.1. The van der Waals surface area contributed by atoms with Gasteiger partial charge >= 0.3 is 0 Å². The number of hydrogen-bond acceptors (Lipinski definition) is 8. The Bertz CT molecular complexity index is 1910. The predicted molar refractivity (Wildman–Crippen MR) is 311 cm³/mol. The van der Waals surface area contributed by atoms with E-state index in [9.17, 15) is 14.4 Å². The number of amides is 3. The van der Waals surface area contributed by atoms with Crippen molar-refractivity contribution in [1.82, 2.24) is 0 Å². The first-order chi connectivity index (χ1) is 33.9. The van der Waals surface area contributed by atoms with Gasteiger partial charge in [-0.2, -0.15) is 0 Å². The number of carbonyl (C=O) groups excluding carboxylic acids is 3. The van der Waals surface area contributed by atoms with Crippen molar-refractivity contribution >= 4 is 84.9 Å². The molecule has 0 unspecified atom stereocenters. The molecule has 8 fully saturated rings. The lowest BCUT2D eigenvalue weighted by Gasteiger charge is -2.28. The molecule has 4 heterocycles. The topological polar surface area (TPSA) is 101 Å². The molecule has 0 aromatic carbocycles. The average Bonchev–Trinajstić information content (AvgIpc) is 4.16. The molecule has 0 saturated heterocycles. The van der Waals surface area contributed by atoms with Crippen LogP contribution in [0.15, 0.2) is 32.2 Å². The summed E-state index contributed by atoms with van der Waals surface area (Å²) in [4.78, 5) is 54.1. The highest BCUT2D eigenvalue weighted by atomic mass is 32.2. The molecule has 16 atom stereocenters. The molecule has 0 aromatic heterocycles. The summed E-state index contributed by atoms with van der Waals surface area (Å²) in [5.41, 5.74) is 1.10. The lowest BCUT2D eigenvalue weighted by Crippen LogP contribution is -2.33. The summed E-state index contributed by atoms with van der Waals surface area (Å²) in [5.74, 6) is 13.2. The fourth-order valence-corrected chi connectivity index (χ4v) is 20.7. The van der Waals surface area contributed by atoms with Crippen LogP contribution in [0, 0.1) is 94.7 Å². The zero-order valence-corrected chi connectivity index (χ0v) is 50.0. The zero-order valence-electron chi connectivity index (χ0n) is 46.7. The molecule has 3 amide bonds. The normalized spacial score (nSPS) is 43.0. The molecular formula is C61H94N4O3S4. The molecular weight excluding hydrogens is 965 g/mol. The number of fused-ring (bicyclic) bond motifs is 8. The highest BCUT2D eigenvalue weighted by Crippen LogP contribution is 2.56. The van der Waals surface area contributed by atoms with Crippen LogP contribution in [0.5, 0.6) is 0 Å². The standard InChI is InChI=1S/C16H25NS.3C15H23NOS/c1-10(2)16(4)11(3)17-15(18-16)9-14-8-12-5-6-13(14)7-12;3*1-9(2)15(3)14(17)16-13(18-15)8-12-7-10-4-5-11(12)6-10/h10,12-14H,3,5-9H2,1-2,4H3;3*9-12H,4-8H2,1-3H3/t12-,13+,14-,16+;10-,11+,12-,15+;2*10-,11+,12-,15-/m0110/s1. The molecule has 0 radical (unpaired) electrons. The smallest absolute Gasteiger partial charge is 0.263 e. The van der Waals surface area contributed by atoms with Crippen molar-refractivity contribution in [3.05, 3.63) is 12.3 Å². The van der Waals surface area contributed by atoms with Gasteiger partial charge in [0.1, 0.15) is 14.2 Å². The molecule has 0 N–H and O–H groups in total. The Hall–Kier alpha value is -1.17. The molecule has 0 aromatic rings. The summed E-state index contributed by atoms with van der Waals surface area (Å²) >= 11 is 7.23. The van der Waals surface area contributed by atoms with E-state index >= 15 is 0 Å². The number of nitrogens with zero attached hydrogens (tertiary/aromatic N) is 4. The summed E-state index contributed by atoms with van der Waals surface area (Å²) in [5, 5.41) is 4.73. The van der Waals surface area contributed by atoms with Crippen LogP contribution in [-0.2, 0) is 14.4 Å². The Balaban J connectivity index is 0.000000119. The number of thioether (sulfide) groups is 4. The van der Waals surface area contributed by atoms with E-state index < -0.39 is 0 Å². The minimum atomic E-state index is -0.299. The Morgan fingerprint density at radius 1 is 0.389 bits per heavy atom. The molecule has 8 aliphatic carbocycles. The highest BCUT2D eigenvalue weighted by molar-refractivity contribution is 8.17. The van der Waals surface area contributed by atoms with Crippen LogP contribution in [0.25, 0.3) is 0 Å². The molecule has 4 aliphatic heterocycles. The molecule has 400 valence electrons. The van der Waals surface area contributed by atoms with E-state index in [4.69, 9.17) is 4.99 Å². The quantitative estimate of drug-likeness (QED) is 0.192. The molecule has 8 bridgehead atoms. The van der Waals surface area contributed by atoms with Crippen molar-refractivity contribution in [2.45, 2.75) is 230 Å². The van der Waals surface area contributed by atoms with Gasteiger partial charge in [-0.1, -0.05) is 135 Å². The van der Waals surface area contributed by atoms with Gasteiger partial charge in [0.05, 0.1) is 30.6 Å². The minimum absolute atomic E-state index is 0.0978. The zero-order chi connectivity index (χ0) is 51.7. The van der Waals surface area contributed by atoms with Gasteiger partial charge in [-0.25, -0.2) is 15.0 Å². The number of carbonyl (C=O) groups is 3. The summed E-state index contributed by atoms with van der Waals surface area (Å²) in [6.07, 6.45) is 27.5. The third-order valence-corrected chi connectivity index (χ3v) is 28.1. The van der Waals surface area contributed by atoms with E-state index in [1.165, 1.54) is 114 Å². The number of hydrogen-bond donors (Lipinski definition) is 0. The van der Waals surface area contributed by atoms with Crippen LogP contribution < -0.4 is 0 Å². The number of rotatable bonds is 12. The van der Waals surface area contributed by atoms with Gasteiger partial charge in [0.15, 0.2) is 0 Å². The summed E-state index contributed by atoms with van der Waals surface area (Å²) in [6.45, 7) is 30.0. The van der Waals surface area contributed by atoms with Crippen molar-refractivity contribution < 1.29 is 14.4 Å². The first-order valence-corrected chi connectivity index (χ1v) is 32.6. The molecule has 0 spiro atoms. The second kappa shape index (κ2) is 21.9. The van der Waals surface area contributed by atoms with Gasteiger partial charge in [-0.3, -0.25) is 19.4 Å². The molecule has 8 saturated carbocycles. The van der Waals surface area contributed by atoms with Crippen LogP contribution in [0.2, 0.25) is 0 Å². The van der Waals surface area contributed by atoms with Gasteiger partial charge < -0.3 is 0 Å². The molecule has 72 heavy (non-hydrogen) atoms. The first kappa shape index (κ1) is 55.6. The minimum Gasteiger partial charge on any atom is -0.271 e. The molecule has 7 nitrogen and oxygen atoms in total. The Morgan fingerprint density at radius 2 is 0.625 bits per heavy atom. The highest BCUT2D eigenvalue weighted by Gasteiger charge is 2.50. The monoisotopic (exact) mass is 1060 g/mol. The average molecular weight is 1060 g/mol. The first-order valence-electron chi connectivity index (χ1n) is 29.3. The van der Waals surface area contributed by atoms with Crippen molar-refractivity contribution in [3.63, 3.8) is 0 Å². The third-order valence-electron chi connectivity index (χ3n) is 21.8.